The lowest BCUT2D eigenvalue weighted by Gasteiger charge is -2.04. The van der Waals surface area contributed by atoms with E-state index in [9.17, 15) is 14.0 Å². The topological polar surface area (TPSA) is 60.7 Å². The Kier molecular flexibility index (Phi) is 5.49. The van der Waals surface area contributed by atoms with Crippen LogP contribution in [0.4, 0.5) is 4.39 Å². The van der Waals surface area contributed by atoms with E-state index in [1.807, 2.05) is 0 Å². The van der Waals surface area contributed by atoms with Gasteiger partial charge in [0.05, 0.1) is 23.7 Å². The zero-order chi connectivity index (χ0) is 18.7. The molecule has 2 aromatic carbocycles. The quantitative estimate of drug-likeness (QED) is 0.634. The first-order valence-electron chi connectivity index (χ1n) is 7.68. The van der Waals surface area contributed by atoms with Crippen LogP contribution in [-0.4, -0.2) is 23.6 Å². The molecule has 3 aromatic rings. The predicted octanol–water partition coefficient (Wildman–Crippen LogP) is 3.80. The highest BCUT2D eigenvalue weighted by Crippen LogP contribution is 2.22. The maximum atomic E-state index is 13.3. The summed E-state index contributed by atoms with van der Waals surface area (Å²) in [4.78, 5) is 28.4. The van der Waals surface area contributed by atoms with Crippen LogP contribution in [0.2, 0.25) is 5.02 Å². The molecule has 0 saturated heterocycles. The Hall–Kier alpha value is -2.51. The number of aromatic nitrogens is 1. The molecule has 0 N–H and O–H groups in total. The number of rotatable bonds is 4. The third kappa shape index (κ3) is 4.00. The van der Waals surface area contributed by atoms with Crippen LogP contribution in [0.25, 0.3) is 10.2 Å². The highest BCUT2D eigenvalue weighted by molar-refractivity contribution is 7.16. The smallest absolute Gasteiger partial charge is 0.307 e. The van der Waals surface area contributed by atoms with Gasteiger partial charge in [0.15, 0.2) is 4.80 Å². The van der Waals surface area contributed by atoms with E-state index in [2.05, 4.69) is 9.73 Å². The van der Waals surface area contributed by atoms with Gasteiger partial charge in [-0.15, -0.1) is 0 Å². The van der Waals surface area contributed by atoms with Crippen molar-refractivity contribution < 1.29 is 18.7 Å². The van der Waals surface area contributed by atoms with Crippen molar-refractivity contribution in [3.05, 3.63) is 63.7 Å². The summed E-state index contributed by atoms with van der Waals surface area (Å²) >= 11 is 7.30. The van der Waals surface area contributed by atoms with Gasteiger partial charge in [-0.05, 0) is 36.4 Å². The monoisotopic (exact) mass is 392 g/mol. The molecule has 134 valence electrons. The van der Waals surface area contributed by atoms with Crippen molar-refractivity contribution in [2.45, 2.75) is 13.0 Å². The van der Waals surface area contributed by atoms with Gasteiger partial charge in [0.2, 0.25) is 0 Å². The molecule has 0 fully saturated rings. The van der Waals surface area contributed by atoms with Gasteiger partial charge in [-0.25, -0.2) is 4.39 Å². The number of carbonyl (C=O) groups excluding carboxylic acids is 2. The van der Waals surface area contributed by atoms with E-state index in [4.69, 9.17) is 11.6 Å². The van der Waals surface area contributed by atoms with Gasteiger partial charge in [-0.1, -0.05) is 29.0 Å². The number of ether oxygens (including phenoxy) is 1. The first kappa shape index (κ1) is 18.3. The third-order valence-corrected chi connectivity index (χ3v) is 4.96. The summed E-state index contributed by atoms with van der Waals surface area (Å²) in [6, 6.07) is 10.6. The average molecular weight is 393 g/mol. The lowest BCUT2D eigenvalue weighted by atomic mass is 10.2. The summed E-state index contributed by atoms with van der Waals surface area (Å²) in [5.41, 5.74) is 0.953. The Balaban J connectivity index is 2.08. The second-order valence-corrected chi connectivity index (χ2v) is 6.85. The van der Waals surface area contributed by atoms with Crippen LogP contribution in [-0.2, 0) is 16.1 Å². The van der Waals surface area contributed by atoms with E-state index in [1.165, 1.54) is 36.6 Å². The van der Waals surface area contributed by atoms with E-state index < -0.39 is 11.7 Å². The van der Waals surface area contributed by atoms with E-state index in [-0.39, 0.29) is 18.0 Å². The number of amides is 1. The molecule has 5 nitrogen and oxygen atoms in total. The van der Waals surface area contributed by atoms with Crippen molar-refractivity contribution >= 4 is 45.0 Å². The van der Waals surface area contributed by atoms with Gasteiger partial charge in [-0.2, -0.15) is 4.99 Å². The van der Waals surface area contributed by atoms with Crippen molar-refractivity contribution in [2.24, 2.45) is 4.99 Å². The van der Waals surface area contributed by atoms with Crippen molar-refractivity contribution in [1.29, 1.82) is 0 Å². The molecule has 1 heterocycles. The van der Waals surface area contributed by atoms with Crippen LogP contribution in [0.5, 0.6) is 0 Å². The van der Waals surface area contributed by atoms with Crippen LogP contribution in [0.1, 0.15) is 16.8 Å². The van der Waals surface area contributed by atoms with Crippen molar-refractivity contribution in [2.75, 3.05) is 7.11 Å². The Labute approximate surface area is 157 Å². The van der Waals surface area contributed by atoms with Crippen LogP contribution in [0, 0.1) is 5.82 Å². The number of hydrogen-bond acceptors (Lipinski definition) is 4. The number of benzene rings is 2. The van der Waals surface area contributed by atoms with E-state index in [1.54, 1.807) is 22.8 Å². The normalized spacial score (nSPS) is 11.7. The Morgan fingerprint density at radius 3 is 2.81 bits per heavy atom. The maximum absolute atomic E-state index is 13.3. The molecule has 8 heteroatoms. The number of aryl methyl sites for hydroxylation is 1. The van der Waals surface area contributed by atoms with Crippen LogP contribution in [0.15, 0.2) is 47.5 Å². The fraction of sp³-hybridized carbons (Fsp3) is 0.167. The Morgan fingerprint density at radius 1 is 1.27 bits per heavy atom. The summed E-state index contributed by atoms with van der Waals surface area (Å²) in [6.07, 6.45) is 0.131. The zero-order valence-electron chi connectivity index (χ0n) is 13.7. The number of esters is 1. The molecule has 0 aliphatic heterocycles. The number of methoxy groups -OCH3 is 1. The molecule has 0 atom stereocenters. The largest absolute Gasteiger partial charge is 0.469 e. The number of nitrogens with zero attached hydrogens (tertiary/aromatic N) is 2. The van der Waals surface area contributed by atoms with Gasteiger partial charge in [0, 0.05) is 17.1 Å². The Bertz CT molecular complexity index is 1060. The summed E-state index contributed by atoms with van der Waals surface area (Å²) in [7, 11) is 1.32. The molecule has 0 saturated carbocycles. The van der Waals surface area contributed by atoms with Crippen LogP contribution < -0.4 is 4.80 Å². The maximum Gasteiger partial charge on any atom is 0.307 e. The minimum absolute atomic E-state index is 0.131. The Morgan fingerprint density at radius 2 is 2.08 bits per heavy atom. The molecule has 3 rings (SSSR count). The molecule has 0 spiro atoms. The average Bonchev–Trinajstić information content (AvgIpc) is 2.95. The molecule has 26 heavy (non-hydrogen) atoms. The second-order valence-electron chi connectivity index (χ2n) is 5.40. The summed E-state index contributed by atoms with van der Waals surface area (Å²) < 4.78 is 20.6. The summed E-state index contributed by atoms with van der Waals surface area (Å²) in [5.74, 6) is -1.44. The van der Waals surface area contributed by atoms with Gasteiger partial charge in [0.1, 0.15) is 5.82 Å². The van der Waals surface area contributed by atoms with Gasteiger partial charge >= 0.3 is 5.97 Å². The molecule has 0 aliphatic rings. The standard InChI is InChI=1S/C18H14ClFN2O3S/c1-25-16(23)7-8-22-14-6-5-12(19)10-15(14)26-18(22)21-17(24)11-3-2-4-13(20)9-11/h2-6,9-10H,7-8H2,1H3. The van der Waals surface area contributed by atoms with Crippen molar-refractivity contribution in [3.63, 3.8) is 0 Å². The molecule has 0 aliphatic carbocycles. The van der Waals surface area contributed by atoms with Gasteiger partial charge < -0.3 is 9.30 Å². The highest BCUT2D eigenvalue weighted by atomic mass is 35.5. The summed E-state index contributed by atoms with van der Waals surface area (Å²) in [5, 5.41) is 0.557. The van der Waals surface area contributed by atoms with Crippen LogP contribution in [0.3, 0.4) is 0 Å². The minimum atomic E-state index is -0.561. The molecular weight excluding hydrogens is 379 g/mol. The first-order valence-corrected chi connectivity index (χ1v) is 8.87. The molecule has 0 radical (unpaired) electrons. The predicted molar refractivity (Wildman–Crippen MR) is 97.8 cm³/mol. The SMILES string of the molecule is COC(=O)CCn1c(=NC(=O)c2cccc(F)c2)sc2cc(Cl)ccc21. The van der Waals surface area contributed by atoms with E-state index >= 15 is 0 Å². The fourth-order valence-corrected chi connectivity index (χ4v) is 3.76. The molecule has 1 aromatic heterocycles. The minimum Gasteiger partial charge on any atom is -0.469 e. The molecule has 0 unspecified atom stereocenters. The number of halogens is 2. The van der Waals surface area contributed by atoms with Crippen LogP contribution >= 0.6 is 22.9 Å². The number of hydrogen-bond donors (Lipinski definition) is 0. The molecule has 1 amide bonds. The second kappa shape index (κ2) is 7.80. The van der Waals surface area contributed by atoms with E-state index in [0.717, 1.165) is 16.3 Å². The number of carbonyl (C=O) groups is 2. The third-order valence-electron chi connectivity index (χ3n) is 3.68. The van der Waals surface area contributed by atoms with Crippen molar-refractivity contribution in [3.8, 4) is 0 Å². The van der Waals surface area contributed by atoms with E-state index in [0.29, 0.717) is 16.4 Å². The first-order chi connectivity index (χ1) is 12.5. The summed E-state index contributed by atoms with van der Waals surface area (Å²) in [6.45, 7) is 0.295. The number of thiazole rings is 1. The lowest BCUT2D eigenvalue weighted by molar-refractivity contribution is -0.140. The highest BCUT2D eigenvalue weighted by Gasteiger charge is 2.12. The molecular formula is C18H14ClFN2O3S. The zero-order valence-corrected chi connectivity index (χ0v) is 15.3. The fourth-order valence-electron chi connectivity index (χ4n) is 2.43. The van der Waals surface area contributed by atoms with Gasteiger partial charge in [-0.3, -0.25) is 9.59 Å². The van der Waals surface area contributed by atoms with Crippen molar-refractivity contribution in [1.82, 2.24) is 4.57 Å². The lowest BCUT2D eigenvalue weighted by Crippen LogP contribution is -2.19. The molecule has 0 bridgehead atoms. The number of fused-ring (bicyclic) bond motifs is 1. The van der Waals surface area contributed by atoms with Gasteiger partial charge in [0.25, 0.3) is 5.91 Å².